The van der Waals surface area contributed by atoms with Crippen molar-refractivity contribution in [3.63, 3.8) is 0 Å². The van der Waals surface area contributed by atoms with Gasteiger partial charge in [0.1, 0.15) is 11.4 Å². The first-order valence-electron chi connectivity index (χ1n) is 6.83. The van der Waals surface area contributed by atoms with E-state index in [1.54, 1.807) is 0 Å². The number of benzene rings is 1. The first-order chi connectivity index (χ1) is 9.40. The molecule has 0 atom stereocenters. The van der Waals surface area contributed by atoms with Gasteiger partial charge in [-0.2, -0.15) is 0 Å². The van der Waals surface area contributed by atoms with E-state index in [-0.39, 0.29) is 10.8 Å². The topological polar surface area (TPSA) is 58.6 Å². The molecule has 0 saturated carbocycles. The first kappa shape index (κ1) is 15.1. The molecule has 2 rings (SSSR count). The Bertz CT molecular complexity index is 496. The zero-order valence-corrected chi connectivity index (χ0v) is 12.5. The standard InChI is InChI=1S/C15H20ClNO3/c1-15(2,11-5-7-17-8-6-11)20-14(19)10-3-4-13(18)12(16)9-10/h3-4,9,11,17-18H,5-8H2,1-2H3. The highest BCUT2D eigenvalue weighted by atomic mass is 35.5. The Balaban J connectivity index is 2.07. The van der Waals surface area contributed by atoms with Crippen LogP contribution in [0.2, 0.25) is 5.02 Å². The van der Waals surface area contributed by atoms with Gasteiger partial charge in [-0.3, -0.25) is 0 Å². The molecule has 0 spiro atoms. The second kappa shape index (κ2) is 6.02. The van der Waals surface area contributed by atoms with Crippen LogP contribution in [0, 0.1) is 5.92 Å². The number of piperidine rings is 1. The summed E-state index contributed by atoms with van der Waals surface area (Å²) in [6, 6.07) is 4.34. The molecule has 0 aliphatic carbocycles. The molecule has 1 saturated heterocycles. The van der Waals surface area contributed by atoms with Gasteiger partial charge in [-0.25, -0.2) is 4.79 Å². The summed E-state index contributed by atoms with van der Waals surface area (Å²) < 4.78 is 5.65. The highest BCUT2D eigenvalue weighted by Crippen LogP contribution is 2.31. The summed E-state index contributed by atoms with van der Waals surface area (Å²) in [5.74, 6) is -0.100. The van der Waals surface area contributed by atoms with Crippen molar-refractivity contribution in [3.8, 4) is 5.75 Å². The highest BCUT2D eigenvalue weighted by Gasteiger charge is 2.34. The lowest BCUT2D eigenvalue weighted by atomic mass is 9.83. The number of aromatic hydroxyl groups is 1. The lowest BCUT2D eigenvalue weighted by molar-refractivity contribution is -0.0368. The van der Waals surface area contributed by atoms with E-state index < -0.39 is 11.6 Å². The maximum atomic E-state index is 12.2. The smallest absolute Gasteiger partial charge is 0.338 e. The Hall–Kier alpha value is -1.26. The van der Waals surface area contributed by atoms with Gasteiger partial charge in [-0.15, -0.1) is 0 Å². The van der Waals surface area contributed by atoms with Crippen molar-refractivity contribution in [2.75, 3.05) is 13.1 Å². The van der Waals surface area contributed by atoms with E-state index in [4.69, 9.17) is 16.3 Å². The van der Waals surface area contributed by atoms with Gasteiger partial charge in [0.05, 0.1) is 10.6 Å². The number of hydrogen-bond donors (Lipinski definition) is 2. The molecule has 0 amide bonds. The zero-order valence-electron chi connectivity index (χ0n) is 11.8. The van der Waals surface area contributed by atoms with E-state index in [1.165, 1.54) is 18.2 Å². The van der Waals surface area contributed by atoms with Crippen LogP contribution in [0.3, 0.4) is 0 Å². The Morgan fingerprint density at radius 1 is 1.40 bits per heavy atom. The summed E-state index contributed by atoms with van der Waals surface area (Å²) in [7, 11) is 0. The number of halogens is 1. The molecule has 1 heterocycles. The molecule has 1 aliphatic rings. The van der Waals surface area contributed by atoms with Crippen molar-refractivity contribution in [1.29, 1.82) is 0 Å². The molecule has 5 heteroatoms. The van der Waals surface area contributed by atoms with Gasteiger partial charge in [-0.1, -0.05) is 11.6 Å². The van der Waals surface area contributed by atoms with Crippen molar-refractivity contribution >= 4 is 17.6 Å². The molecule has 1 fully saturated rings. The number of carbonyl (C=O) groups excluding carboxylic acids is 1. The molecule has 0 radical (unpaired) electrons. The predicted molar refractivity (Wildman–Crippen MR) is 78.2 cm³/mol. The molecule has 110 valence electrons. The van der Waals surface area contributed by atoms with Gasteiger partial charge in [0.25, 0.3) is 0 Å². The summed E-state index contributed by atoms with van der Waals surface area (Å²) in [6.45, 7) is 5.80. The van der Waals surface area contributed by atoms with Crippen LogP contribution in [-0.2, 0) is 4.74 Å². The SMILES string of the molecule is CC(C)(OC(=O)c1ccc(O)c(Cl)c1)C1CCNCC1. The van der Waals surface area contributed by atoms with Crippen molar-refractivity contribution in [2.24, 2.45) is 5.92 Å². The van der Waals surface area contributed by atoms with Crippen LogP contribution >= 0.6 is 11.6 Å². The number of phenolic OH excluding ortho intramolecular Hbond substituents is 1. The number of esters is 1. The maximum Gasteiger partial charge on any atom is 0.338 e. The normalized spacial score (nSPS) is 16.9. The number of carbonyl (C=O) groups is 1. The van der Waals surface area contributed by atoms with Crippen LogP contribution in [0.1, 0.15) is 37.0 Å². The third kappa shape index (κ3) is 3.44. The van der Waals surface area contributed by atoms with Gasteiger partial charge < -0.3 is 15.2 Å². The number of nitrogens with one attached hydrogen (secondary N) is 1. The lowest BCUT2D eigenvalue weighted by Gasteiger charge is -2.36. The molecule has 20 heavy (non-hydrogen) atoms. The average molecular weight is 298 g/mol. The van der Waals surface area contributed by atoms with Crippen LogP contribution in [0.5, 0.6) is 5.75 Å². The molecule has 4 nitrogen and oxygen atoms in total. The number of rotatable bonds is 3. The molecule has 0 bridgehead atoms. The third-order valence-corrected chi connectivity index (χ3v) is 4.16. The minimum Gasteiger partial charge on any atom is -0.506 e. The van der Waals surface area contributed by atoms with E-state index in [2.05, 4.69) is 5.32 Å². The van der Waals surface area contributed by atoms with Crippen LogP contribution in [0.25, 0.3) is 0 Å². The van der Waals surface area contributed by atoms with E-state index >= 15 is 0 Å². The summed E-state index contributed by atoms with van der Waals surface area (Å²) in [5.41, 5.74) is -0.154. The van der Waals surface area contributed by atoms with Gasteiger partial charge in [0.2, 0.25) is 0 Å². The van der Waals surface area contributed by atoms with E-state index in [1.807, 2.05) is 13.8 Å². The van der Waals surface area contributed by atoms with Crippen molar-refractivity contribution in [2.45, 2.75) is 32.3 Å². The fraction of sp³-hybridized carbons (Fsp3) is 0.533. The van der Waals surface area contributed by atoms with Crippen molar-refractivity contribution < 1.29 is 14.6 Å². The Morgan fingerprint density at radius 2 is 2.05 bits per heavy atom. The molecular weight excluding hydrogens is 278 g/mol. The fourth-order valence-corrected chi connectivity index (χ4v) is 2.71. The zero-order chi connectivity index (χ0) is 14.8. The molecule has 2 N–H and O–H groups in total. The Labute approximate surface area is 124 Å². The first-order valence-corrected chi connectivity index (χ1v) is 7.20. The van der Waals surface area contributed by atoms with Gasteiger partial charge in [0, 0.05) is 5.92 Å². The van der Waals surface area contributed by atoms with Crippen molar-refractivity contribution in [3.05, 3.63) is 28.8 Å². The number of ether oxygens (including phenoxy) is 1. The van der Waals surface area contributed by atoms with Crippen molar-refractivity contribution in [1.82, 2.24) is 5.32 Å². The van der Waals surface area contributed by atoms with Gasteiger partial charge in [0.15, 0.2) is 0 Å². The summed E-state index contributed by atoms with van der Waals surface area (Å²) in [6.07, 6.45) is 1.99. The Morgan fingerprint density at radius 3 is 2.65 bits per heavy atom. The van der Waals surface area contributed by atoms with Crippen LogP contribution in [-0.4, -0.2) is 29.8 Å². The second-order valence-electron chi connectivity index (χ2n) is 5.68. The fourth-order valence-electron chi connectivity index (χ4n) is 2.53. The van der Waals surface area contributed by atoms with Crippen LogP contribution in [0.15, 0.2) is 18.2 Å². The lowest BCUT2D eigenvalue weighted by Crippen LogP contribution is -2.42. The summed E-state index contributed by atoms with van der Waals surface area (Å²) in [4.78, 5) is 12.2. The molecule has 0 aromatic heterocycles. The van der Waals surface area contributed by atoms with Crippen LogP contribution < -0.4 is 5.32 Å². The second-order valence-corrected chi connectivity index (χ2v) is 6.09. The highest BCUT2D eigenvalue weighted by molar-refractivity contribution is 6.32. The maximum absolute atomic E-state index is 12.2. The minimum atomic E-state index is -0.510. The van der Waals surface area contributed by atoms with Gasteiger partial charge in [-0.05, 0) is 58.0 Å². The molecule has 0 unspecified atom stereocenters. The van der Waals surface area contributed by atoms with Gasteiger partial charge >= 0.3 is 5.97 Å². The third-order valence-electron chi connectivity index (χ3n) is 3.86. The largest absolute Gasteiger partial charge is 0.506 e. The Kier molecular flexibility index (Phi) is 4.55. The molecule has 1 aromatic rings. The van der Waals surface area contributed by atoms with E-state index in [9.17, 15) is 9.90 Å². The number of phenols is 1. The monoisotopic (exact) mass is 297 g/mol. The minimum absolute atomic E-state index is 0.0409. The molecule has 1 aliphatic heterocycles. The number of hydrogen-bond acceptors (Lipinski definition) is 4. The predicted octanol–water partition coefficient (Wildman–Crippen LogP) is 2.98. The molecular formula is C15H20ClNO3. The van der Waals surface area contributed by atoms with E-state index in [0.717, 1.165) is 25.9 Å². The van der Waals surface area contributed by atoms with Crippen LogP contribution in [0.4, 0.5) is 0 Å². The van der Waals surface area contributed by atoms with E-state index in [0.29, 0.717) is 11.5 Å². The molecule has 1 aromatic carbocycles. The average Bonchev–Trinajstić information content (AvgIpc) is 2.42. The quantitative estimate of drug-likeness (QED) is 0.842. The summed E-state index contributed by atoms with van der Waals surface area (Å²) >= 11 is 5.81. The summed E-state index contributed by atoms with van der Waals surface area (Å²) in [5, 5.41) is 12.8.